The van der Waals surface area contributed by atoms with Crippen molar-refractivity contribution >= 4 is 17.3 Å². The van der Waals surface area contributed by atoms with Crippen molar-refractivity contribution in [2.45, 2.75) is 45.6 Å². The summed E-state index contributed by atoms with van der Waals surface area (Å²) in [6.45, 7) is 8.71. The van der Waals surface area contributed by atoms with Gasteiger partial charge in [-0.15, -0.1) is 0 Å². The molecule has 1 atom stereocenters. The number of piperidine rings is 1. The molecule has 2 aromatic heterocycles. The number of likely N-dealkylation sites (tertiary alicyclic amines) is 1. The first kappa shape index (κ1) is 20.4. The van der Waals surface area contributed by atoms with Crippen molar-refractivity contribution in [3.63, 3.8) is 0 Å². The summed E-state index contributed by atoms with van der Waals surface area (Å²) in [5.74, 6) is -1.02. The predicted molar refractivity (Wildman–Crippen MR) is 119 cm³/mol. The normalized spacial score (nSPS) is 18.0. The molecule has 6 heteroatoms. The Hall–Kier alpha value is -2.86. The summed E-state index contributed by atoms with van der Waals surface area (Å²) in [6, 6.07) is 12.4. The molecule has 1 aliphatic heterocycles. The standard InChI is InChI=1S/C24H30N4O2/c1-24(2,3)18-8-6-16(7-9-18)22-20(28-14-19(25)10-11-21(28)26-22)15-27-12-4-5-17(13-27)23(29)30/h6-11,14,17H,4-5,12-13,15,25H2,1-3H3,(H,29,30). The van der Waals surface area contributed by atoms with Gasteiger partial charge in [-0.1, -0.05) is 45.0 Å². The van der Waals surface area contributed by atoms with E-state index >= 15 is 0 Å². The number of nitrogens with zero attached hydrogens (tertiary/aromatic N) is 3. The first-order valence-electron chi connectivity index (χ1n) is 10.5. The van der Waals surface area contributed by atoms with E-state index in [-0.39, 0.29) is 11.3 Å². The van der Waals surface area contributed by atoms with Crippen LogP contribution < -0.4 is 5.73 Å². The van der Waals surface area contributed by atoms with Crippen LogP contribution in [0.15, 0.2) is 42.6 Å². The van der Waals surface area contributed by atoms with E-state index in [0.29, 0.717) is 18.8 Å². The smallest absolute Gasteiger partial charge is 0.307 e. The van der Waals surface area contributed by atoms with Crippen molar-refractivity contribution in [1.82, 2.24) is 14.3 Å². The highest BCUT2D eigenvalue weighted by atomic mass is 16.4. The summed E-state index contributed by atoms with van der Waals surface area (Å²) in [5, 5.41) is 9.45. The number of aliphatic carboxylic acids is 1. The molecule has 3 N–H and O–H groups in total. The zero-order valence-corrected chi connectivity index (χ0v) is 17.9. The summed E-state index contributed by atoms with van der Waals surface area (Å²) >= 11 is 0. The Morgan fingerprint density at radius 3 is 2.60 bits per heavy atom. The lowest BCUT2D eigenvalue weighted by Crippen LogP contribution is -2.38. The monoisotopic (exact) mass is 406 g/mol. The van der Waals surface area contributed by atoms with Gasteiger partial charge in [0.05, 0.1) is 17.3 Å². The molecule has 1 fully saturated rings. The van der Waals surface area contributed by atoms with Crippen molar-refractivity contribution < 1.29 is 9.90 Å². The average molecular weight is 407 g/mol. The van der Waals surface area contributed by atoms with Crippen molar-refractivity contribution in [3.8, 4) is 11.3 Å². The molecule has 0 spiro atoms. The number of anilines is 1. The molecule has 1 aromatic carbocycles. The maximum Gasteiger partial charge on any atom is 0.307 e. The molecular weight excluding hydrogens is 376 g/mol. The second-order valence-electron chi connectivity index (χ2n) is 9.34. The summed E-state index contributed by atoms with van der Waals surface area (Å²) in [5.41, 5.74) is 12.0. The van der Waals surface area contributed by atoms with E-state index in [1.807, 2.05) is 22.7 Å². The Labute approximate surface area is 177 Å². The first-order valence-corrected chi connectivity index (χ1v) is 10.5. The van der Waals surface area contributed by atoms with Crippen molar-refractivity contribution in [2.24, 2.45) is 5.92 Å². The molecule has 0 radical (unpaired) electrons. The van der Waals surface area contributed by atoms with Gasteiger partial charge in [0.1, 0.15) is 5.65 Å². The molecule has 0 amide bonds. The second-order valence-corrected chi connectivity index (χ2v) is 9.34. The number of carbonyl (C=O) groups is 1. The number of carboxylic acid groups (broad SMARTS) is 1. The molecule has 30 heavy (non-hydrogen) atoms. The highest BCUT2D eigenvalue weighted by molar-refractivity contribution is 5.70. The molecule has 1 saturated heterocycles. The number of imidazole rings is 1. The van der Waals surface area contributed by atoms with E-state index in [0.717, 1.165) is 42.0 Å². The van der Waals surface area contributed by atoms with Gasteiger partial charge in [-0.2, -0.15) is 0 Å². The Morgan fingerprint density at radius 1 is 1.20 bits per heavy atom. The van der Waals surface area contributed by atoms with Crippen LogP contribution in [0.3, 0.4) is 0 Å². The minimum Gasteiger partial charge on any atom is -0.481 e. The van der Waals surface area contributed by atoms with Gasteiger partial charge in [0.15, 0.2) is 0 Å². The maximum atomic E-state index is 11.5. The van der Waals surface area contributed by atoms with Crippen LogP contribution in [0.1, 0.15) is 44.9 Å². The van der Waals surface area contributed by atoms with Crippen LogP contribution in [0.2, 0.25) is 0 Å². The minimum atomic E-state index is -0.708. The number of pyridine rings is 1. The maximum absolute atomic E-state index is 11.5. The van der Waals surface area contributed by atoms with Gasteiger partial charge in [0.2, 0.25) is 0 Å². The van der Waals surface area contributed by atoms with Crippen LogP contribution in [-0.2, 0) is 16.8 Å². The van der Waals surface area contributed by atoms with Crippen molar-refractivity contribution in [1.29, 1.82) is 0 Å². The molecule has 0 saturated carbocycles. The zero-order chi connectivity index (χ0) is 21.5. The predicted octanol–water partition coefficient (Wildman–Crippen LogP) is 4.18. The van der Waals surface area contributed by atoms with Gasteiger partial charge >= 0.3 is 5.97 Å². The average Bonchev–Trinajstić information content (AvgIpc) is 3.05. The highest BCUT2D eigenvalue weighted by Crippen LogP contribution is 2.30. The zero-order valence-electron chi connectivity index (χ0n) is 17.9. The lowest BCUT2D eigenvalue weighted by molar-refractivity contribution is -0.143. The SMILES string of the molecule is CC(C)(C)c1ccc(-c2nc3ccc(N)cn3c2CN2CCCC(C(=O)O)C2)cc1. The Kier molecular flexibility index (Phi) is 5.28. The first-order chi connectivity index (χ1) is 14.2. The van der Waals surface area contributed by atoms with Gasteiger partial charge < -0.3 is 15.2 Å². The third-order valence-corrected chi connectivity index (χ3v) is 5.99. The quantitative estimate of drug-likeness (QED) is 0.679. The van der Waals surface area contributed by atoms with Gasteiger partial charge in [0.25, 0.3) is 0 Å². The molecule has 1 unspecified atom stereocenters. The van der Waals surface area contributed by atoms with E-state index in [1.54, 1.807) is 0 Å². The second kappa shape index (κ2) is 7.76. The topological polar surface area (TPSA) is 83.9 Å². The van der Waals surface area contributed by atoms with E-state index in [2.05, 4.69) is 49.9 Å². The van der Waals surface area contributed by atoms with Crippen LogP contribution in [-0.4, -0.2) is 38.4 Å². The van der Waals surface area contributed by atoms with Crippen molar-refractivity contribution in [3.05, 3.63) is 53.9 Å². The summed E-state index contributed by atoms with van der Waals surface area (Å²) < 4.78 is 2.05. The van der Waals surface area contributed by atoms with E-state index in [1.165, 1.54) is 5.56 Å². The fourth-order valence-electron chi connectivity index (χ4n) is 4.23. The van der Waals surface area contributed by atoms with Crippen molar-refractivity contribution in [2.75, 3.05) is 18.8 Å². The number of aromatic nitrogens is 2. The number of benzene rings is 1. The Bertz CT molecular complexity index is 1060. The Morgan fingerprint density at radius 2 is 1.93 bits per heavy atom. The number of fused-ring (bicyclic) bond motifs is 1. The summed E-state index contributed by atoms with van der Waals surface area (Å²) in [7, 11) is 0. The highest BCUT2D eigenvalue weighted by Gasteiger charge is 2.27. The number of hydrogen-bond acceptors (Lipinski definition) is 4. The molecule has 3 aromatic rings. The third kappa shape index (κ3) is 4.05. The third-order valence-electron chi connectivity index (χ3n) is 5.99. The number of hydrogen-bond donors (Lipinski definition) is 2. The lowest BCUT2D eigenvalue weighted by Gasteiger charge is -2.30. The fraction of sp³-hybridized carbons (Fsp3) is 0.417. The van der Waals surface area contributed by atoms with Gasteiger partial charge in [-0.25, -0.2) is 4.98 Å². The van der Waals surface area contributed by atoms with E-state index < -0.39 is 5.97 Å². The Balaban J connectivity index is 1.74. The number of rotatable bonds is 4. The van der Waals surface area contributed by atoms with Crippen LogP contribution in [0.5, 0.6) is 0 Å². The van der Waals surface area contributed by atoms with Crippen LogP contribution >= 0.6 is 0 Å². The number of nitrogens with two attached hydrogens (primary N) is 1. The molecule has 3 heterocycles. The summed E-state index contributed by atoms with van der Waals surface area (Å²) in [6.07, 6.45) is 3.54. The molecule has 0 aliphatic carbocycles. The molecule has 6 nitrogen and oxygen atoms in total. The largest absolute Gasteiger partial charge is 0.481 e. The molecule has 4 rings (SSSR count). The lowest BCUT2D eigenvalue weighted by atomic mass is 9.86. The van der Waals surface area contributed by atoms with Gasteiger partial charge in [-0.05, 0) is 42.5 Å². The van der Waals surface area contributed by atoms with Gasteiger partial charge in [-0.3, -0.25) is 9.69 Å². The van der Waals surface area contributed by atoms with E-state index in [9.17, 15) is 9.90 Å². The molecule has 0 bridgehead atoms. The fourth-order valence-corrected chi connectivity index (χ4v) is 4.23. The number of nitrogen functional groups attached to an aromatic ring is 1. The van der Waals surface area contributed by atoms with Crippen LogP contribution in [0, 0.1) is 5.92 Å². The molecule has 1 aliphatic rings. The van der Waals surface area contributed by atoms with E-state index in [4.69, 9.17) is 10.7 Å². The molecular formula is C24H30N4O2. The van der Waals surface area contributed by atoms with Crippen LogP contribution in [0.25, 0.3) is 16.9 Å². The summed E-state index contributed by atoms with van der Waals surface area (Å²) in [4.78, 5) is 18.6. The van der Waals surface area contributed by atoms with Gasteiger partial charge in [0, 0.05) is 30.5 Å². The minimum absolute atomic E-state index is 0.0916. The molecule has 158 valence electrons. The van der Waals surface area contributed by atoms with Crippen LogP contribution in [0.4, 0.5) is 5.69 Å². The number of carboxylic acids is 1.